The molecule has 0 aliphatic heterocycles. The summed E-state index contributed by atoms with van der Waals surface area (Å²) in [6.45, 7) is 0. The molecule has 0 radical (unpaired) electrons. The number of esters is 1. The van der Waals surface area contributed by atoms with E-state index < -0.39 is 0 Å². The van der Waals surface area contributed by atoms with Crippen LogP contribution in [0.1, 0.15) is 5.56 Å². The molecule has 0 bridgehead atoms. The lowest BCUT2D eigenvalue weighted by molar-refractivity contribution is -0.133. The van der Waals surface area contributed by atoms with E-state index in [-0.39, 0.29) is 12.4 Å². The number of hydrogen-bond acceptors (Lipinski definition) is 3. The minimum absolute atomic E-state index is 0.174. The van der Waals surface area contributed by atoms with Crippen LogP contribution in [0.4, 0.5) is 0 Å². The average Bonchev–Trinajstić information content (AvgIpc) is 2.55. The summed E-state index contributed by atoms with van der Waals surface area (Å²) in [6.07, 6.45) is 0.174. The molecule has 0 saturated carbocycles. The molecule has 0 fully saturated rings. The standard InChI is InChI=1S/C19H16O3/c1-21-17-11-5-3-8-15(17)13-19(20)22-18-12-6-9-14-7-2-4-10-16(14)18/h2-12H,13H2,1H3. The minimum Gasteiger partial charge on any atom is -0.496 e. The Labute approximate surface area is 129 Å². The van der Waals surface area contributed by atoms with Gasteiger partial charge in [-0.2, -0.15) is 0 Å². The predicted molar refractivity (Wildman–Crippen MR) is 86.3 cm³/mol. The molecule has 3 aromatic rings. The second-order valence-electron chi connectivity index (χ2n) is 4.94. The quantitative estimate of drug-likeness (QED) is 0.538. The van der Waals surface area contributed by atoms with E-state index >= 15 is 0 Å². The lowest BCUT2D eigenvalue weighted by atomic mass is 10.1. The van der Waals surface area contributed by atoms with Crippen molar-refractivity contribution < 1.29 is 14.3 Å². The molecule has 0 aliphatic carbocycles. The van der Waals surface area contributed by atoms with E-state index in [1.807, 2.05) is 66.7 Å². The third-order valence-corrected chi connectivity index (χ3v) is 3.50. The summed E-state index contributed by atoms with van der Waals surface area (Å²) in [4.78, 5) is 12.2. The minimum atomic E-state index is -0.305. The Kier molecular flexibility index (Phi) is 4.05. The zero-order chi connectivity index (χ0) is 15.4. The van der Waals surface area contributed by atoms with E-state index in [0.29, 0.717) is 11.5 Å². The normalized spacial score (nSPS) is 10.4. The van der Waals surface area contributed by atoms with Crippen molar-refractivity contribution in [1.82, 2.24) is 0 Å². The maximum Gasteiger partial charge on any atom is 0.315 e. The van der Waals surface area contributed by atoms with Crippen LogP contribution < -0.4 is 9.47 Å². The summed E-state index contributed by atoms with van der Waals surface area (Å²) in [6, 6.07) is 21.0. The summed E-state index contributed by atoms with van der Waals surface area (Å²) in [5.41, 5.74) is 0.815. The lowest BCUT2D eigenvalue weighted by Gasteiger charge is -2.10. The number of carbonyl (C=O) groups is 1. The van der Waals surface area contributed by atoms with E-state index in [9.17, 15) is 4.79 Å². The molecule has 0 aromatic heterocycles. The number of para-hydroxylation sites is 1. The molecule has 0 heterocycles. The smallest absolute Gasteiger partial charge is 0.315 e. The Morgan fingerprint density at radius 1 is 0.864 bits per heavy atom. The Morgan fingerprint density at radius 3 is 2.41 bits per heavy atom. The van der Waals surface area contributed by atoms with E-state index in [1.54, 1.807) is 7.11 Å². The zero-order valence-corrected chi connectivity index (χ0v) is 12.3. The molecule has 0 saturated heterocycles. The van der Waals surface area contributed by atoms with Gasteiger partial charge in [0, 0.05) is 10.9 Å². The number of rotatable bonds is 4. The first-order chi connectivity index (χ1) is 10.8. The predicted octanol–water partition coefficient (Wildman–Crippen LogP) is 4.00. The highest BCUT2D eigenvalue weighted by Crippen LogP contribution is 2.26. The van der Waals surface area contributed by atoms with Gasteiger partial charge in [0.1, 0.15) is 11.5 Å². The number of carbonyl (C=O) groups excluding carboxylic acids is 1. The fourth-order valence-corrected chi connectivity index (χ4v) is 2.45. The van der Waals surface area contributed by atoms with E-state index in [0.717, 1.165) is 16.3 Å². The summed E-state index contributed by atoms with van der Waals surface area (Å²) < 4.78 is 10.8. The molecule has 3 aromatic carbocycles. The number of fused-ring (bicyclic) bond motifs is 1. The van der Waals surface area contributed by atoms with Gasteiger partial charge >= 0.3 is 5.97 Å². The molecular formula is C19H16O3. The first-order valence-electron chi connectivity index (χ1n) is 7.08. The number of hydrogen-bond donors (Lipinski definition) is 0. The first kappa shape index (κ1) is 14.1. The molecule has 0 spiro atoms. The van der Waals surface area contributed by atoms with Gasteiger partial charge in [0.2, 0.25) is 0 Å². The van der Waals surface area contributed by atoms with Gasteiger partial charge in [0.05, 0.1) is 13.5 Å². The maximum atomic E-state index is 12.2. The molecule has 22 heavy (non-hydrogen) atoms. The van der Waals surface area contributed by atoms with Gasteiger partial charge < -0.3 is 9.47 Å². The second-order valence-corrected chi connectivity index (χ2v) is 4.94. The highest BCUT2D eigenvalue weighted by molar-refractivity contribution is 5.90. The Balaban J connectivity index is 1.82. The fourth-order valence-electron chi connectivity index (χ4n) is 2.45. The topological polar surface area (TPSA) is 35.5 Å². The van der Waals surface area contributed by atoms with E-state index in [4.69, 9.17) is 9.47 Å². The van der Waals surface area contributed by atoms with Gasteiger partial charge in [-0.1, -0.05) is 54.6 Å². The molecule has 3 heteroatoms. The van der Waals surface area contributed by atoms with Gasteiger partial charge in [-0.3, -0.25) is 4.79 Å². The van der Waals surface area contributed by atoms with Crippen LogP contribution in [-0.2, 0) is 11.2 Å². The summed E-state index contributed by atoms with van der Waals surface area (Å²) >= 11 is 0. The number of methoxy groups -OCH3 is 1. The van der Waals surface area contributed by atoms with Gasteiger partial charge in [0.15, 0.2) is 0 Å². The van der Waals surface area contributed by atoms with Crippen LogP contribution in [0.5, 0.6) is 11.5 Å². The molecule has 3 rings (SSSR count). The number of benzene rings is 3. The van der Waals surface area contributed by atoms with Crippen molar-refractivity contribution in [3.05, 3.63) is 72.3 Å². The van der Waals surface area contributed by atoms with Gasteiger partial charge in [0.25, 0.3) is 0 Å². The Hall–Kier alpha value is -2.81. The Bertz CT molecular complexity index is 803. The summed E-state index contributed by atoms with van der Waals surface area (Å²) in [5.74, 6) is 0.969. The molecule has 3 nitrogen and oxygen atoms in total. The summed E-state index contributed by atoms with van der Waals surface area (Å²) in [5, 5.41) is 1.98. The molecular weight excluding hydrogens is 276 g/mol. The van der Waals surface area contributed by atoms with E-state index in [2.05, 4.69) is 0 Å². The third-order valence-electron chi connectivity index (χ3n) is 3.50. The molecule has 0 amide bonds. The average molecular weight is 292 g/mol. The van der Waals surface area contributed by atoms with Gasteiger partial charge in [-0.05, 0) is 17.5 Å². The number of ether oxygens (including phenoxy) is 2. The van der Waals surface area contributed by atoms with E-state index in [1.165, 1.54) is 0 Å². The molecule has 0 aliphatic rings. The van der Waals surface area contributed by atoms with Crippen LogP contribution in [0.3, 0.4) is 0 Å². The monoisotopic (exact) mass is 292 g/mol. The van der Waals surface area contributed by atoms with Crippen molar-refractivity contribution in [3.8, 4) is 11.5 Å². The maximum absolute atomic E-state index is 12.2. The van der Waals surface area contributed by atoms with Crippen LogP contribution in [0.25, 0.3) is 10.8 Å². The van der Waals surface area contributed by atoms with Crippen LogP contribution in [0.2, 0.25) is 0 Å². The molecule has 0 N–H and O–H groups in total. The van der Waals surface area contributed by atoms with Crippen molar-refractivity contribution in [2.24, 2.45) is 0 Å². The molecule has 0 atom stereocenters. The van der Waals surface area contributed by atoms with Crippen molar-refractivity contribution in [2.45, 2.75) is 6.42 Å². The first-order valence-corrected chi connectivity index (χ1v) is 7.08. The SMILES string of the molecule is COc1ccccc1CC(=O)Oc1cccc2ccccc12. The van der Waals surface area contributed by atoms with Crippen molar-refractivity contribution >= 4 is 16.7 Å². The fraction of sp³-hybridized carbons (Fsp3) is 0.105. The summed E-state index contributed by atoms with van der Waals surface area (Å²) in [7, 11) is 1.59. The van der Waals surface area contributed by atoms with Crippen LogP contribution in [0.15, 0.2) is 66.7 Å². The zero-order valence-electron chi connectivity index (χ0n) is 12.3. The second kappa shape index (κ2) is 6.31. The molecule has 0 unspecified atom stereocenters. The highest BCUT2D eigenvalue weighted by atomic mass is 16.5. The van der Waals surface area contributed by atoms with Crippen molar-refractivity contribution in [1.29, 1.82) is 0 Å². The van der Waals surface area contributed by atoms with Crippen LogP contribution in [0, 0.1) is 0 Å². The molecule has 110 valence electrons. The lowest BCUT2D eigenvalue weighted by Crippen LogP contribution is -2.12. The third kappa shape index (κ3) is 2.93. The Morgan fingerprint density at radius 2 is 1.55 bits per heavy atom. The van der Waals surface area contributed by atoms with Crippen LogP contribution >= 0.6 is 0 Å². The van der Waals surface area contributed by atoms with Crippen LogP contribution in [-0.4, -0.2) is 13.1 Å². The largest absolute Gasteiger partial charge is 0.496 e. The highest BCUT2D eigenvalue weighted by Gasteiger charge is 2.11. The van der Waals surface area contributed by atoms with Gasteiger partial charge in [-0.25, -0.2) is 0 Å². The van der Waals surface area contributed by atoms with Crippen molar-refractivity contribution in [3.63, 3.8) is 0 Å². The van der Waals surface area contributed by atoms with Crippen molar-refractivity contribution in [2.75, 3.05) is 7.11 Å². The van der Waals surface area contributed by atoms with Gasteiger partial charge in [-0.15, -0.1) is 0 Å².